The van der Waals surface area contributed by atoms with Gasteiger partial charge in [-0.3, -0.25) is 19.8 Å². The van der Waals surface area contributed by atoms with Gasteiger partial charge in [0.15, 0.2) is 0 Å². The number of halogens is 2. The van der Waals surface area contributed by atoms with Crippen molar-refractivity contribution in [2.75, 3.05) is 10.2 Å². The van der Waals surface area contributed by atoms with Crippen LogP contribution in [0.25, 0.3) is 0 Å². The van der Waals surface area contributed by atoms with Crippen LogP contribution in [0.2, 0.25) is 10.0 Å². The Hall–Kier alpha value is -3.35. The normalized spacial score (nSPS) is 15.6. The predicted molar refractivity (Wildman–Crippen MR) is 127 cm³/mol. The molecule has 0 spiro atoms. The first-order valence-electron chi connectivity index (χ1n) is 9.83. The Balaban J connectivity index is 1.75. The standard InChI is InChI=1S/C24H19Cl2N3O3/c1-14-3-7-17(11-20(14)25)27-22-13-23(16-5-9-18(10-6-16)29(31)32)28(24(22)30)19-8-4-15(2)21(26)12-19/h3-13,23,27H,1-2H3/t23-/m1/s1. The summed E-state index contributed by atoms with van der Waals surface area (Å²) in [5, 5.41) is 15.3. The average Bonchev–Trinajstić information content (AvgIpc) is 3.09. The summed E-state index contributed by atoms with van der Waals surface area (Å²) in [6, 6.07) is 16.6. The fourth-order valence-corrected chi connectivity index (χ4v) is 3.88. The molecule has 1 atom stereocenters. The molecule has 1 N–H and O–H groups in total. The van der Waals surface area contributed by atoms with Gasteiger partial charge in [0, 0.05) is 33.6 Å². The molecule has 0 unspecified atom stereocenters. The van der Waals surface area contributed by atoms with E-state index in [-0.39, 0.29) is 11.6 Å². The third kappa shape index (κ3) is 4.20. The van der Waals surface area contributed by atoms with Crippen LogP contribution in [0.1, 0.15) is 22.7 Å². The molecule has 1 heterocycles. The van der Waals surface area contributed by atoms with Crippen molar-refractivity contribution in [1.82, 2.24) is 0 Å². The number of nitrogens with zero attached hydrogens (tertiary/aromatic N) is 2. The second-order valence-corrected chi connectivity index (χ2v) is 8.39. The molecule has 0 aromatic heterocycles. The van der Waals surface area contributed by atoms with Gasteiger partial charge in [-0.15, -0.1) is 0 Å². The van der Waals surface area contributed by atoms with Crippen molar-refractivity contribution in [3.63, 3.8) is 0 Å². The van der Waals surface area contributed by atoms with E-state index in [4.69, 9.17) is 23.2 Å². The maximum absolute atomic E-state index is 13.4. The molecule has 162 valence electrons. The number of amides is 1. The smallest absolute Gasteiger partial charge is 0.275 e. The molecule has 32 heavy (non-hydrogen) atoms. The van der Waals surface area contributed by atoms with E-state index in [2.05, 4.69) is 5.32 Å². The van der Waals surface area contributed by atoms with Gasteiger partial charge >= 0.3 is 0 Å². The summed E-state index contributed by atoms with van der Waals surface area (Å²) in [4.78, 5) is 25.6. The zero-order valence-corrected chi connectivity index (χ0v) is 18.8. The SMILES string of the molecule is Cc1ccc(NC2=C[C@H](c3ccc([N+](=O)[O-])cc3)N(c3ccc(C)c(Cl)c3)C2=O)cc1Cl. The number of nitrogens with one attached hydrogen (secondary N) is 1. The average molecular weight is 468 g/mol. The van der Waals surface area contributed by atoms with Gasteiger partial charge in [-0.25, -0.2) is 0 Å². The van der Waals surface area contributed by atoms with Crippen LogP contribution >= 0.6 is 23.2 Å². The molecule has 0 saturated carbocycles. The van der Waals surface area contributed by atoms with Crippen LogP contribution in [0, 0.1) is 24.0 Å². The fourth-order valence-electron chi connectivity index (χ4n) is 3.53. The largest absolute Gasteiger partial charge is 0.351 e. The molecule has 0 bridgehead atoms. The Labute approximate surface area is 195 Å². The highest BCUT2D eigenvalue weighted by atomic mass is 35.5. The lowest BCUT2D eigenvalue weighted by Gasteiger charge is -2.25. The minimum atomic E-state index is -0.467. The molecule has 1 aliphatic rings. The maximum Gasteiger partial charge on any atom is 0.275 e. The van der Waals surface area contributed by atoms with Gasteiger partial charge < -0.3 is 5.32 Å². The lowest BCUT2D eigenvalue weighted by molar-refractivity contribution is -0.384. The number of anilines is 2. The van der Waals surface area contributed by atoms with E-state index >= 15 is 0 Å². The lowest BCUT2D eigenvalue weighted by atomic mass is 10.1. The van der Waals surface area contributed by atoms with Gasteiger partial charge in [0.05, 0.1) is 11.0 Å². The van der Waals surface area contributed by atoms with E-state index in [0.29, 0.717) is 27.1 Å². The van der Waals surface area contributed by atoms with Crippen LogP contribution < -0.4 is 10.2 Å². The molecular weight excluding hydrogens is 449 g/mol. The van der Waals surface area contributed by atoms with Gasteiger partial charge in [0.2, 0.25) is 0 Å². The summed E-state index contributed by atoms with van der Waals surface area (Å²) in [5.41, 5.74) is 4.25. The number of non-ortho nitro benzene ring substituents is 1. The first-order chi connectivity index (χ1) is 15.2. The number of carbonyl (C=O) groups is 1. The zero-order chi connectivity index (χ0) is 23.0. The summed E-state index contributed by atoms with van der Waals surface area (Å²) in [6.07, 6.45) is 1.80. The first kappa shape index (κ1) is 21.9. The second-order valence-electron chi connectivity index (χ2n) is 7.57. The molecule has 3 aromatic rings. The monoisotopic (exact) mass is 467 g/mol. The van der Waals surface area contributed by atoms with Crippen molar-refractivity contribution in [3.8, 4) is 0 Å². The van der Waals surface area contributed by atoms with E-state index in [0.717, 1.165) is 16.7 Å². The summed E-state index contributed by atoms with van der Waals surface area (Å²) < 4.78 is 0. The Kier molecular flexibility index (Phi) is 5.91. The third-order valence-electron chi connectivity index (χ3n) is 5.38. The van der Waals surface area contributed by atoms with Crippen molar-refractivity contribution in [3.05, 3.63) is 109 Å². The maximum atomic E-state index is 13.4. The Morgan fingerprint density at radius 2 is 1.56 bits per heavy atom. The number of aryl methyl sites for hydroxylation is 2. The van der Waals surface area contributed by atoms with Crippen LogP contribution in [0.4, 0.5) is 17.1 Å². The molecule has 4 rings (SSSR count). The minimum Gasteiger partial charge on any atom is -0.351 e. The quantitative estimate of drug-likeness (QED) is 0.338. The highest BCUT2D eigenvalue weighted by molar-refractivity contribution is 6.32. The Morgan fingerprint density at radius 3 is 2.16 bits per heavy atom. The summed E-state index contributed by atoms with van der Waals surface area (Å²) >= 11 is 12.6. The first-order valence-corrected chi connectivity index (χ1v) is 10.6. The zero-order valence-electron chi connectivity index (χ0n) is 17.3. The van der Waals surface area contributed by atoms with Gasteiger partial charge in [-0.1, -0.05) is 35.3 Å². The van der Waals surface area contributed by atoms with Crippen LogP contribution in [-0.2, 0) is 4.79 Å². The predicted octanol–water partition coefficient (Wildman–Crippen LogP) is 6.60. The molecular formula is C24H19Cl2N3O3. The number of carbonyl (C=O) groups excluding carboxylic acids is 1. The molecule has 3 aromatic carbocycles. The van der Waals surface area contributed by atoms with Gasteiger partial charge in [0.1, 0.15) is 5.70 Å². The van der Waals surface area contributed by atoms with Crippen molar-refractivity contribution in [1.29, 1.82) is 0 Å². The molecule has 1 amide bonds. The van der Waals surface area contributed by atoms with Crippen molar-refractivity contribution < 1.29 is 9.72 Å². The van der Waals surface area contributed by atoms with E-state index in [1.165, 1.54) is 12.1 Å². The number of hydrogen-bond donors (Lipinski definition) is 1. The Bertz CT molecular complexity index is 1260. The van der Waals surface area contributed by atoms with E-state index in [1.54, 1.807) is 35.2 Å². The van der Waals surface area contributed by atoms with Crippen LogP contribution in [0.15, 0.2) is 72.4 Å². The molecule has 0 saturated heterocycles. The summed E-state index contributed by atoms with van der Waals surface area (Å²) in [6.45, 7) is 3.79. The van der Waals surface area contributed by atoms with Crippen molar-refractivity contribution >= 4 is 46.2 Å². The molecule has 1 aliphatic heterocycles. The lowest BCUT2D eigenvalue weighted by Crippen LogP contribution is -2.30. The summed E-state index contributed by atoms with van der Waals surface area (Å²) in [5.74, 6) is -0.245. The number of nitro groups is 1. The number of nitro benzene ring substituents is 1. The molecule has 6 nitrogen and oxygen atoms in total. The fraction of sp³-hybridized carbons (Fsp3) is 0.125. The van der Waals surface area contributed by atoms with Gasteiger partial charge in [0.25, 0.3) is 11.6 Å². The molecule has 0 fully saturated rings. The highest BCUT2D eigenvalue weighted by Gasteiger charge is 2.35. The molecule has 8 heteroatoms. The van der Waals surface area contributed by atoms with Crippen molar-refractivity contribution in [2.24, 2.45) is 0 Å². The number of hydrogen-bond acceptors (Lipinski definition) is 4. The molecule has 0 radical (unpaired) electrons. The molecule has 0 aliphatic carbocycles. The minimum absolute atomic E-state index is 0.0142. The summed E-state index contributed by atoms with van der Waals surface area (Å²) in [7, 11) is 0. The topological polar surface area (TPSA) is 75.5 Å². The van der Waals surface area contributed by atoms with Gasteiger partial charge in [-0.05, 0) is 73.0 Å². The highest BCUT2D eigenvalue weighted by Crippen LogP contribution is 2.38. The van der Waals surface area contributed by atoms with Gasteiger partial charge in [-0.2, -0.15) is 0 Å². The third-order valence-corrected chi connectivity index (χ3v) is 6.20. The van der Waals surface area contributed by atoms with Crippen LogP contribution in [0.5, 0.6) is 0 Å². The number of benzene rings is 3. The van der Waals surface area contributed by atoms with Crippen LogP contribution in [-0.4, -0.2) is 10.8 Å². The number of rotatable bonds is 5. The van der Waals surface area contributed by atoms with Crippen molar-refractivity contribution in [2.45, 2.75) is 19.9 Å². The van der Waals surface area contributed by atoms with E-state index in [9.17, 15) is 14.9 Å². The second kappa shape index (κ2) is 8.65. The van der Waals surface area contributed by atoms with Crippen LogP contribution in [0.3, 0.4) is 0 Å². The van der Waals surface area contributed by atoms with E-state index in [1.807, 2.05) is 38.1 Å². The Morgan fingerprint density at radius 1 is 0.938 bits per heavy atom. The van der Waals surface area contributed by atoms with E-state index < -0.39 is 11.0 Å².